The van der Waals surface area contributed by atoms with Gasteiger partial charge in [0.25, 0.3) is 0 Å². The summed E-state index contributed by atoms with van der Waals surface area (Å²) in [6, 6.07) is 6.43. The molecule has 0 aliphatic heterocycles. The summed E-state index contributed by atoms with van der Waals surface area (Å²) in [4.78, 5) is 4.78. The van der Waals surface area contributed by atoms with Crippen LogP contribution in [0.5, 0.6) is 0 Å². The van der Waals surface area contributed by atoms with Crippen LogP contribution in [0.4, 0.5) is 0 Å². The second-order valence-electron chi connectivity index (χ2n) is 4.85. The van der Waals surface area contributed by atoms with Crippen molar-refractivity contribution < 1.29 is 0 Å². The van der Waals surface area contributed by atoms with Crippen molar-refractivity contribution in [1.29, 1.82) is 0 Å². The maximum atomic E-state index is 5.56. The third kappa shape index (κ3) is 2.20. The number of nitrogens with zero attached hydrogens (tertiary/aromatic N) is 2. The first-order valence-corrected chi connectivity index (χ1v) is 6.29. The Labute approximate surface area is 103 Å². The molecule has 92 valence electrons. The van der Waals surface area contributed by atoms with Crippen LogP contribution in [0.2, 0.25) is 0 Å². The molecule has 0 spiro atoms. The van der Waals surface area contributed by atoms with Crippen LogP contribution < -0.4 is 5.73 Å². The molecule has 1 heterocycles. The summed E-state index contributed by atoms with van der Waals surface area (Å²) in [7, 11) is 2.09. The summed E-state index contributed by atoms with van der Waals surface area (Å²) in [6.07, 6.45) is 1.95. The molecule has 0 aliphatic rings. The normalized spacial score (nSPS) is 11.6. The van der Waals surface area contributed by atoms with Crippen LogP contribution in [-0.2, 0) is 13.5 Å². The van der Waals surface area contributed by atoms with E-state index >= 15 is 0 Å². The zero-order valence-electron chi connectivity index (χ0n) is 10.9. The van der Waals surface area contributed by atoms with Crippen molar-refractivity contribution in [3.05, 3.63) is 29.6 Å². The number of para-hydroxylation sites is 1. The first-order valence-electron chi connectivity index (χ1n) is 6.29. The van der Waals surface area contributed by atoms with E-state index in [2.05, 4.69) is 43.7 Å². The molecule has 3 nitrogen and oxygen atoms in total. The minimum Gasteiger partial charge on any atom is -0.331 e. The predicted molar refractivity (Wildman–Crippen MR) is 72.2 cm³/mol. The van der Waals surface area contributed by atoms with Crippen LogP contribution >= 0.6 is 0 Å². The molecule has 0 amide bonds. The molecule has 0 bridgehead atoms. The van der Waals surface area contributed by atoms with Crippen molar-refractivity contribution >= 4 is 11.0 Å². The van der Waals surface area contributed by atoms with Gasteiger partial charge in [-0.2, -0.15) is 0 Å². The van der Waals surface area contributed by atoms with Crippen molar-refractivity contribution in [3.63, 3.8) is 0 Å². The monoisotopic (exact) mass is 231 g/mol. The molecule has 0 unspecified atom stereocenters. The van der Waals surface area contributed by atoms with E-state index in [0.717, 1.165) is 30.7 Å². The van der Waals surface area contributed by atoms with E-state index in [0.29, 0.717) is 5.92 Å². The first kappa shape index (κ1) is 12.1. The Morgan fingerprint density at radius 3 is 2.76 bits per heavy atom. The molecular formula is C14H21N3. The molecule has 2 rings (SSSR count). The quantitative estimate of drug-likeness (QED) is 0.879. The lowest BCUT2D eigenvalue weighted by Gasteiger charge is -2.05. The maximum absolute atomic E-state index is 5.56. The summed E-state index contributed by atoms with van der Waals surface area (Å²) >= 11 is 0. The lowest BCUT2D eigenvalue weighted by atomic mass is 10.0. The van der Waals surface area contributed by atoms with E-state index in [4.69, 9.17) is 10.7 Å². The van der Waals surface area contributed by atoms with Gasteiger partial charge in [-0.05, 0) is 30.5 Å². The smallest absolute Gasteiger partial charge is 0.109 e. The number of aryl methyl sites for hydroxylation is 2. The zero-order valence-corrected chi connectivity index (χ0v) is 10.9. The van der Waals surface area contributed by atoms with E-state index in [1.165, 1.54) is 11.1 Å². The van der Waals surface area contributed by atoms with Gasteiger partial charge in [0.2, 0.25) is 0 Å². The minimum atomic E-state index is 0.510. The standard InChI is InChI=1S/C14H21N3/c1-10(2)11-6-4-7-12-14(11)16-13(17(12)3)8-5-9-15/h4,6-7,10H,5,8-9,15H2,1-3H3. The SMILES string of the molecule is CC(C)c1cccc2c1nc(CCCN)n2C. The van der Waals surface area contributed by atoms with E-state index < -0.39 is 0 Å². The van der Waals surface area contributed by atoms with Crippen LogP contribution in [0, 0.1) is 0 Å². The lowest BCUT2D eigenvalue weighted by molar-refractivity contribution is 0.740. The van der Waals surface area contributed by atoms with Crippen LogP contribution in [0.25, 0.3) is 11.0 Å². The second kappa shape index (κ2) is 4.88. The van der Waals surface area contributed by atoms with Crippen molar-refractivity contribution in [2.75, 3.05) is 6.54 Å². The number of hydrogen-bond acceptors (Lipinski definition) is 2. The Morgan fingerprint density at radius 2 is 2.12 bits per heavy atom. The molecule has 17 heavy (non-hydrogen) atoms. The molecule has 2 N–H and O–H groups in total. The largest absolute Gasteiger partial charge is 0.331 e. The van der Waals surface area contributed by atoms with Crippen LogP contribution in [0.1, 0.15) is 37.6 Å². The molecule has 1 aromatic heterocycles. The highest BCUT2D eigenvalue weighted by Crippen LogP contribution is 2.25. The van der Waals surface area contributed by atoms with Gasteiger partial charge in [0.05, 0.1) is 11.0 Å². The van der Waals surface area contributed by atoms with Crippen LogP contribution in [-0.4, -0.2) is 16.1 Å². The molecule has 0 radical (unpaired) electrons. The maximum Gasteiger partial charge on any atom is 0.109 e. The predicted octanol–water partition coefficient (Wildman–Crippen LogP) is 2.59. The molecule has 0 aliphatic carbocycles. The Hall–Kier alpha value is -1.35. The van der Waals surface area contributed by atoms with Gasteiger partial charge in [-0.3, -0.25) is 0 Å². The number of benzene rings is 1. The van der Waals surface area contributed by atoms with Gasteiger partial charge >= 0.3 is 0 Å². The fourth-order valence-corrected chi connectivity index (χ4v) is 2.23. The zero-order chi connectivity index (χ0) is 12.4. The summed E-state index contributed by atoms with van der Waals surface area (Å²) in [5.41, 5.74) is 9.27. The number of aromatic nitrogens is 2. The topological polar surface area (TPSA) is 43.8 Å². The lowest BCUT2D eigenvalue weighted by Crippen LogP contribution is -2.04. The molecule has 0 fully saturated rings. The third-order valence-electron chi connectivity index (χ3n) is 3.26. The van der Waals surface area contributed by atoms with Crippen molar-refractivity contribution in [2.45, 2.75) is 32.6 Å². The van der Waals surface area contributed by atoms with Crippen LogP contribution in [0.3, 0.4) is 0 Å². The molecule has 0 saturated heterocycles. The van der Waals surface area contributed by atoms with Gasteiger partial charge in [-0.1, -0.05) is 26.0 Å². The molecule has 3 heteroatoms. The molecule has 0 atom stereocenters. The molecule has 1 aromatic carbocycles. The summed E-state index contributed by atoms with van der Waals surface area (Å²) < 4.78 is 2.19. The van der Waals surface area contributed by atoms with Gasteiger partial charge < -0.3 is 10.3 Å². The van der Waals surface area contributed by atoms with Gasteiger partial charge in [0.1, 0.15) is 5.82 Å². The number of hydrogen-bond donors (Lipinski definition) is 1. The van der Waals surface area contributed by atoms with E-state index in [1.54, 1.807) is 0 Å². The molecule has 2 aromatic rings. The Bertz CT molecular complexity index is 511. The van der Waals surface area contributed by atoms with Crippen molar-refractivity contribution in [1.82, 2.24) is 9.55 Å². The summed E-state index contributed by atoms with van der Waals surface area (Å²) in [5, 5.41) is 0. The molecular weight excluding hydrogens is 210 g/mol. The van der Waals surface area contributed by atoms with Gasteiger partial charge in [-0.25, -0.2) is 4.98 Å². The van der Waals surface area contributed by atoms with Gasteiger partial charge in [0.15, 0.2) is 0 Å². The average Bonchev–Trinajstić information content (AvgIpc) is 2.63. The Morgan fingerprint density at radius 1 is 1.35 bits per heavy atom. The highest BCUT2D eigenvalue weighted by molar-refractivity contribution is 5.80. The summed E-state index contributed by atoms with van der Waals surface area (Å²) in [6.45, 7) is 5.15. The highest BCUT2D eigenvalue weighted by Gasteiger charge is 2.12. The molecule has 0 saturated carbocycles. The van der Waals surface area contributed by atoms with Crippen molar-refractivity contribution in [3.8, 4) is 0 Å². The first-order chi connectivity index (χ1) is 8.15. The number of imidazole rings is 1. The van der Waals surface area contributed by atoms with Crippen LogP contribution in [0.15, 0.2) is 18.2 Å². The number of rotatable bonds is 4. The Balaban J connectivity index is 2.52. The summed E-state index contributed by atoms with van der Waals surface area (Å²) in [5.74, 6) is 1.65. The Kier molecular flexibility index (Phi) is 3.48. The fourth-order valence-electron chi connectivity index (χ4n) is 2.23. The third-order valence-corrected chi connectivity index (χ3v) is 3.26. The minimum absolute atomic E-state index is 0.510. The van der Waals surface area contributed by atoms with E-state index in [9.17, 15) is 0 Å². The number of fused-ring (bicyclic) bond motifs is 1. The van der Waals surface area contributed by atoms with E-state index in [1.807, 2.05) is 0 Å². The average molecular weight is 231 g/mol. The van der Waals surface area contributed by atoms with Gasteiger partial charge in [0, 0.05) is 13.5 Å². The van der Waals surface area contributed by atoms with E-state index in [-0.39, 0.29) is 0 Å². The number of nitrogens with two attached hydrogens (primary N) is 1. The van der Waals surface area contributed by atoms with Crippen molar-refractivity contribution in [2.24, 2.45) is 12.8 Å². The van der Waals surface area contributed by atoms with Gasteiger partial charge in [-0.15, -0.1) is 0 Å². The fraction of sp³-hybridized carbons (Fsp3) is 0.500. The second-order valence-corrected chi connectivity index (χ2v) is 4.85. The highest BCUT2D eigenvalue weighted by atomic mass is 15.1.